The first-order valence-corrected chi connectivity index (χ1v) is 9.18. The Bertz CT molecular complexity index is 1000. The van der Waals surface area contributed by atoms with E-state index in [1.807, 2.05) is 0 Å². The van der Waals surface area contributed by atoms with Crippen molar-refractivity contribution < 1.29 is 27.8 Å². The zero-order valence-corrected chi connectivity index (χ0v) is 16.0. The van der Waals surface area contributed by atoms with Crippen LogP contribution >= 0.6 is 0 Å². The van der Waals surface area contributed by atoms with Crippen LogP contribution in [-0.2, 0) is 15.0 Å². The summed E-state index contributed by atoms with van der Waals surface area (Å²) in [5.41, 5.74) is 1.98. The highest BCUT2D eigenvalue weighted by molar-refractivity contribution is 6.02. The number of halogens is 2. The summed E-state index contributed by atoms with van der Waals surface area (Å²) < 4.78 is 45.7. The molecule has 1 aromatic heterocycles. The van der Waals surface area contributed by atoms with E-state index in [0.29, 0.717) is 6.61 Å². The summed E-state index contributed by atoms with van der Waals surface area (Å²) in [5.74, 6) is -1.00. The fourth-order valence-electron chi connectivity index (χ4n) is 3.46. The van der Waals surface area contributed by atoms with Gasteiger partial charge in [0.25, 0.3) is 11.9 Å². The molecule has 4 rings (SSSR count). The van der Waals surface area contributed by atoms with Gasteiger partial charge in [0.05, 0.1) is 32.2 Å². The molecule has 11 heteroatoms. The minimum Gasteiger partial charge on any atom is -0.477 e. The zero-order chi connectivity index (χ0) is 21.4. The van der Waals surface area contributed by atoms with Crippen LogP contribution in [0.1, 0.15) is 23.0 Å². The van der Waals surface area contributed by atoms with Gasteiger partial charge in [0, 0.05) is 11.3 Å². The van der Waals surface area contributed by atoms with Crippen LogP contribution < -0.4 is 15.8 Å². The summed E-state index contributed by atoms with van der Waals surface area (Å²) >= 11 is 0. The molecule has 0 bridgehead atoms. The van der Waals surface area contributed by atoms with E-state index in [-0.39, 0.29) is 42.1 Å². The molecule has 1 aromatic carbocycles. The molecule has 30 heavy (non-hydrogen) atoms. The lowest BCUT2D eigenvalue weighted by atomic mass is 9.78. The molecule has 2 aliphatic rings. The van der Waals surface area contributed by atoms with Crippen molar-refractivity contribution in [2.45, 2.75) is 18.1 Å². The van der Waals surface area contributed by atoms with Crippen molar-refractivity contribution in [2.75, 3.05) is 31.7 Å². The van der Waals surface area contributed by atoms with Gasteiger partial charge in [0.1, 0.15) is 18.1 Å². The average Bonchev–Trinajstić information content (AvgIpc) is 3.07. The fourth-order valence-corrected chi connectivity index (χ4v) is 3.46. The van der Waals surface area contributed by atoms with Crippen LogP contribution in [0.15, 0.2) is 35.6 Å². The van der Waals surface area contributed by atoms with E-state index in [2.05, 4.69) is 20.3 Å². The number of alkyl halides is 1. The number of amides is 1. The van der Waals surface area contributed by atoms with E-state index in [1.54, 1.807) is 6.92 Å². The molecule has 9 nitrogen and oxygen atoms in total. The molecule has 0 radical (unpaired) electrons. The Balaban J connectivity index is 1.64. The van der Waals surface area contributed by atoms with Crippen LogP contribution in [0.25, 0.3) is 0 Å². The summed E-state index contributed by atoms with van der Waals surface area (Å²) in [6.45, 7) is 1.26. The SMILES string of the molecule is CCOc1cnc(C(=O)Nc2ccc(F)c([C@]34COC[C@@]3(F)COC(N)=N4)c2)cn1. The Morgan fingerprint density at radius 3 is 2.87 bits per heavy atom. The van der Waals surface area contributed by atoms with Gasteiger partial charge in [-0.15, -0.1) is 0 Å². The molecule has 2 atom stereocenters. The number of hydrogen-bond acceptors (Lipinski definition) is 8. The third kappa shape index (κ3) is 3.30. The first kappa shape index (κ1) is 20.0. The van der Waals surface area contributed by atoms with Crippen LogP contribution in [0.5, 0.6) is 5.88 Å². The van der Waals surface area contributed by atoms with E-state index in [0.717, 1.165) is 6.07 Å². The molecular weight excluding hydrogens is 400 g/mol. The number of carbonyl (C=O) groups excluding carboxylic acids is 1. The Labute approximate surface area is 170 Å². The summed E-state index contributed by atoms with van der Waals surface area (Å²) in [6, 6.07) is 3.51. The number of anilines is 1. The van der Waals surface area contributed by atoms with Gasteiger partial charge < -0.3 is 25.3 Å². The minimum atomic E-state index is -2.10. The molecule has 2 aliphatic heterocycles. The lowest BCUT2D eigenvalue weighted by Crippen LogP contribution is -2.55. The maximum Gasteiger partial charge on any atom is 0.283 e. The van der Waals surface area contributed by atoms with Crippen molar-refractivity contribution in [1.29, 1.82) is 0 Å². The highest BCUT2D eigenvalue weighted by atomic mass is 19.1. The van der Waals surface area contributed by atoms with E-state index >= 15 is 4.39 Å². The highest BCUT2D eigenvalue weighted by Gasteiger charge is 2.62. The van der Waals surface area contributed by atoms with Crippen molar-refractivity contribution >= 4 is 17.6 Å². The average molecular weight is 419 g/mol. The largest absolute Gasteiger partial charge is 0.477 e. The van der Waals surface area contributed by atoms with Gasteiger partial charge in [-0.2, -0.15) is 0 Å². The van der Waals surface area contributed by atoms with Crippen molar-refractivity contribution in [3.05, 3.63) is 47.7 Å². The number of hydrogen-bond donors (Lipinski definition) is 2. The number of nitrogens with zero attached hydrogens (tertiary/aromatic N) is 3. The number of nitrogens with one attached hydrogen (secondary N) is 1. The number of nitrogens with two attached hydrogens (primary N) is 1. The molecule has 1 amide bonds. The monoisotopic (exact) mass is 419 g/mol. The van der Waals surface area contributed by atoms with Gasteiger partial charge >= 0.3 is 0 Å². The van der Waals surface area contributed by atoms with Gasteiger partial charge in [-0.3, -0.25) is 4.79 Å². The van der Waals surface area contributed by atoms with Gasteiger partial charge in [-0.05, 0) is 25.1 Å². The van der Waals surface area contributed by atoms with Crippen LogP contribution in [0, 0.1) is 5.82 Å². The molecule has 158 valence electrons. The predicted octanol–water partition coefficient (Wildman–Crippen LogP) is 1.55. The molecule has 0 spiro atoms. The topological polar surface area (TPSA) is 121 Å². The van der Waals surface area contributed by atoms with Crippen molar-refractivity contribution in [1.82, 2.24) is 9.97 Å². The van der Waals surface area contributed by atoms with E-state index < -0.39 is 29.5 Å². The highest BCUT2D eigenvalue weighted by Crippen LogP contribution is 2.48. The molecular formula is C19H19F2N5O4. The van der Waals surface area contributed by atoms with E-state index in [1.165, 1.54) is 24.5 Å². The van der Waals surface area contributed by atoms with Gasteiger partial charge in [-0.1, -0.05) is 0 Å². The van der Waals surface area contributed by atoms with Gasteiger partial charge in [0.2, 0.25) is 5.88 Å². The van der Waals surface area contributed by atoms with Crippen LogP contribution in [-0.4, -0.2) is 54.0 Å². The molecule has 0 aliphatic carbocycles. The molecule has 2 aromatic rings. The summed E-state index contributed by atoms with van der Waals surface area (Å²) in [4.78, 5) is 24.5. The number of aliphatic imine (C=N–C) groups is 1. The maximum atomic E-state index is 15.5. The second kappa shape index (κ2) is 7.48. The number of ether oxygens (including phenoxy) is 3. The standard InChI is InChI=1S/C19H19F2N5O4/c1-2-29-15-7-23-14(6-24-15)16(27)25-11-3-4-13(20)12(5-11)19-10-28-8-18(19,21)9-30-17(22)26-19/h3-7H,2,8-10H2,1H3,(H2,22,26)(H,25,27)/t18-,19-/m1/s1. The Hall–Kier alpha value is -3.34. The lowest BCUT2D eigenvalue weighted by Gasteiger charge is -2.38. The first-order valence-electron chi connectivity index (χ1n) is 9.18. The maximum absolute atomic E-state index is 15.5. The number of benzene rings is 1. The van der Waals surface area contributed by atoms with Crippen LogP contribution in [0.3, 0.4) is 0 Å². The number of aromatic nitrogens is 2. The van der Waals surface area contributed by atoms with E-state index in [9.17, 15) is 9.18 Å². The number of fused-ring (bicyclic) bond motifs is 1. The molecule has 3 N–H and O–H groups in total. The zero-order valence-electron chi connectivity index (χ0n) is 16.0. The molecule has 0 saturated carbocycles. The minimum absolute atomic E-state index is 0.0276. The van der Waals surface area contributed by atoms with Crippen molar-refractivity contribution in [3.8, 4) is 5.88 Å². The Kier molecular flexibility index (Phi) is 4.98. The third-order valence-electron chi connectivity index (χ3n) is 4.96. The number of rotatable bonds is 5. The Morgan fingerprint density at radius 1 is 1.30 bits per heavy atom. The van der Waals surface area contributed by atoms with Crippen LogP contribution in [0.2, 0.25) is 0 Å². The quantitative estimate of drug-likeness (QED) is 0.754. The van der Waals surface area contributed by atoms with Gasteiger partial charge in [0.15, 0.2) is 11.2 Å². The predicted molar refractivity (Wildman–Crippen MR) is 101 cm³/mol. The Morgan fingerprint density at radius 2 is 2.13 bits per heavy atom. The summed E-state index contributed by atoms with van der Waals surface area (Å²) in [5, 5.41) is 2.59. The fraction of sp³-hybridized carbons (Fsp3) is 0.368. The number of amidine groups is 1. The second-order valence-electron chi connectivity index (χ2n) is 6.88. The number of carbonyl (C=O) groups is 1. The smallest absolute Gasteiger partial charge is 0.283 e. The molecule has 1 fully saturated rings. The third-order valence-corrected chi connectivity index (χ3v) is 4.96. The molecule has 3 heterocycles. The normalized spacial score (nSPS) is 25.1. The van der Waals surface area contributed by atoms with Crippen molar-refractivity contribution in [2.24, 2.45) is 10.7 Å². The summed E-state index contributed by atoms with van der Waals surface area (Å²) in [6.07, 6.45) is 2.57. The van der Waals surface area contributed by atoms with Crippen LogP contribution in [0.4, 0.5) is 14.5 Å². The van der Waals surface area contributed by atoms with Gasteiger partial charge in [-0.25, -0.2) is 23.7 Å². The molecule has 1 saturated heterocycles. The first-order chi connectivity index (χ1) is 14.4. The van der Waals surface area contributed by atoms with E-state index in [4.69, 9.17) is 19.9 Å². The lowest BCUT2D eigenvalue weighted by molar-refractivity contribution is 0.00905. The summed E-state index contributed by atoms with van der Waals surface area (Å²) in [7, 11) is 0. The second-order valence-corrected chi connectivity index (χ2v) is 6.88. The molecule has 0 unspecified atom stereocenters. The van der Waals surface area contributed by atoms with Crippen molar-refractivity contribution in [3.63, 3.8) is 0 Å².